The maximum absolute atomic E-state index is 11.1. The molecule has 2 aromatic rings. The van der Waals surface area contributed by atoms with Crippen molar-refractivity contribution in [3.05, 3.63) is 24.0 Å². The lowest BCUT2D eigenvalue weighted by molar-refractivity contribution is 0.159. The normalized spacial score (nSPS) is 26.5. The molecule has 0 radical (unpaired) electrons. The zero-order valence-electron chi connectivity index (χ0n) is 16.1. The molecular formula is C21H30N4O2. The van der Waals surface area contributed by atoms with E-state index in [4.69, 9.17) is 15.5 Å². The second kappa shape index (κ2) is 7.89. The molecule has 1 aliphatic heterocycles. The Morgan fingerprint density at radius 2 is 2.11 bits per heavy atom. The number of primary amides is 1. The van der Waals surface area contributed by atoms with Crippen LogP contribution in [0.3, 0.4) is 0 Å². The fraction of sp³-hybridized carbons (Fsp3) is 0.619. The highest BCUT2D eigenvalue weighted by molar-refractivity contribution is 5.84. The van der Waals surface area contributed by atoms with Crippen molar-refractivity contribution in [1.29, 1.82) is 0 Å². The van der Waals surface area contributed by atoms with Gasteiger partial charge in [0.1, 0.15) is 11.3 Å². The monoisotopic (exact) mass is 370 g/mol. The van der Waals surface area contributed by atoms with Crippen molar-refractivity contribution in [3.8, 4) is 5.75 Å². The van der Waals surface area contributed by atoms with Crippen molar-refractivity contribution in [3.63, 3.8) is 0 Å². The summed E-state index contributed by atoms with van der Waals surface area (Å²) < 4.78 is 5.10. The van der Waals surface area contributed by atoms with E-state index in [1.54, 1.807) is 6.07 Å². The Bertz CT molecular complexity index is 795. The van der Waals surface area contributed by atoms with Crippen LogP contribution in [0.15, 0.2) is 18.2 Å². The minimum absolute atomic E-state index is 0.409. The van der Waals surface area contributed by atoms with Gasteiger partial charge in [-0.3, -0.25) is 4.90 Å². The number of hydrogen-bond donors (Lipinski definition) is 2. The van der Waals surface area contributed by atoms with Crippen LogP contribution in [0.4, 0.5) is 4.79 Å². The summed E-state index contributed by atoms with van der Waals surface area (Å²) in [6, 6.07) is 6.27. The number of benzene rings is 1. The van der Waals surface area contributed by atoms with Gasteiger partial charge >= 0.3 is 6.09 Å². The fourth-order valence-corrected chi connectivity index (χ4v) is 4.96. The van der Waals surface area contributed by atoms with Gasteiger partial charge in [-0.05, 0) is 56.7 Å². The quantitative estimate of drug-likeness (QED) is 0.827. The van der Waals surface area contributed by atoms with Gasteiger partial charge in [0.15, 0.2) is 5.75 Å². The number of para-hydroxylation sites is 1. The van der Waals surface area contributed by atoms with Gasteiger partial charge in [0.2, 0.25) is 0 Å². The number of imidazole rings is 1. The van der Waals surface area contributed by atoms with E-state index in [0.29, 0.717) is 17.2 Å². The standard InChI is InChI=1S/C21H30N4O2/c1-2-4-14-7-9-16(10-8-14)25-12-11-15(13-25)20-23-17-5-3-6-18(19(17)24-20)27-21(22)26/h3,5-6,14-16H,2,4,7-13H2,1H3,(H2,22,26)(H,23,24)/t14-,15?,16-. The molecule has 1 atom stereocenters. The first-order chi connectivity index (χ1) is 13.1. The number of H-pyrrole nitrogens is 1. The van der Waals surface area contributed by atoms with Crippen molar-refractivity contribution >= 4 is 17.1 Å². The molecule has 1 aromatic heterocycles. The number of fused-ring (bicyclic) bond motifs is 1. The molecule has 1 saturated carbocycles. The summed E-state index contributed by atoms with van der Waals surface area (Å²) in [7, 11) is 0. The molecule has 2 heterocycles. The van der Waals surface area contributed by atoms with Crippen LogP contribution in [0.5, 0.6) is 5.75 Å². The van der Waals surface area contributed by atoms with E-state index in [2.05, 4.69) is 16.8 Å². The summed E-state index contributed by atoms with van der Waals surface area (Å²) in [5.74, 6) is 2.77. The molecule has 27 heavy (non-hydrogen) atoms. The number of carbonyl (C=O) groups excluding carboxylic acids is 1. The van der Waals surface area contributed by atoms with E-state index in [-0.39, 0.29) is 0 Å². The Morgan fingerprint density at radius 1 is 1.30 bits per heavy atom. The molecule has 4 rings (SSSR count). The lowest BCUT2D eigenvalue weighted by Gasteiger charge is -2.34. The predicted octanol–water partition coefficient (Wildman–Crippen LogP) is 4.17. The van der Waals surface area contributed by atoms with Gasteiger partial charge in [-0.25, -0.2) is 9.78 Å². The topological polar surface area (TPSA) is 84.2 Å². The van der Waals surface area contributed by atoms with Gasteiger partial charge in [0.05, 0.1) is 5.52 Å². The number of nitrogens with two attached hydrogens (primary N) is 1. The number of nitrogens with zero attached hydrogens (tertiary/aromatic N) is 2. The van der Waals surface area contributed by atoms with E-state index in [0.717, 1.165) is 42.8 Å². The van der Waals surface area contributed by atoms with Gasteiger partial charge < -0.3 is 15.5 Å². The molecule has 1 saturated heterocycles. The Hall–Kier alpha value is -2.08. The van der Waals surface area contributed by atoms with Crippen molar-refractivity contribution in [1.82, 2.24) is 14.9 Å². The summed E-state index contributed by atoms with van der Waals surface area (Å²) in [6.45, 7) is 4.51. The largest absolute Gasteiger partial charge is 0.410 e. The van der Waals surface area contributed by atoms with Crippen LogP contribution in [0.25, 0.3) is 11.0 Å². The van der Waals surface area contributed by atoms with Crippen LogP contribution in [0.1, 0.15) is 63.6 Å². The third kappa shape index (κ3) is 3.95. The zero-order valence-corrected chi connectivity index (χ0v) is 16.1. The summed E-state index contributed by atoms with van der Waals surface area (Å²) >= 11 is 0. The van der Waals surface area contributed by atoms with Gasteiger partial charge in [-0.1, -0.05) is 25.8 Å². The van der Waals surface area contributed by atoms with Crippen LogP contribution in [-0.2, 0) is 0 Å². The van der Waals surface area contributed by atoms with E-state index in [1.807, 2.05) is 12.1 Å². The molecule has 0 spiro atoms. The Balaban J connectivity index is 1.42. The van der Waals surface area contributed by atoms with Crippen molar-refractivity contribution in [2.24, 2.45) is 11.7 Å². The second-order valence-corrected chi connectivity index (χ2v) is 8.14. The van der Waals surface area contributed by atoms with Crippen molar-refractivity contribution in [2.75, 3.05) is 13.1 Å². The molecule has 1 amide bonds. The van der Waals surface area contributed by atoms with Crippen molar-refractivity contribution in [2.45, 2.75) is 63.8 Å². The predicted molar refractivity (Wildman–Crippen MR) is 106 cm³/mol. The molecule has 1 aromatic carbocycles. The highest BCUT2D eigenvalue weighted by atomic mass is 16.5. The number of carbonyl (C=O) groups is 1. The van der Waals surface area contributed by atoms with E-state index >= 15 is 0 Å². The van der Waals surface area contributed by atoms with Gasteiger partial charge in [-0.15, -0.1) is 0 Å². The maximum Gasteiger partial charge on any atom is 0.410 e. The van der Waals surface area contributed by atoms with E-state index in [9.17, 15) is 4.79 Å². The average Bonchev–Trinajstić information content (AvgIpc) is 3.30. The van der Waals surface area contributed by atoms with Gasteiger partial charge in [0, 0.05) is 18.5 Å². The number of aromatic nitrogens is 2. The van der Waals surface area contributed by atoms with E-state index in [1.165, 1.54) is 38.5 Å². The minimum atomic E-state index is -0.808. The zero-order chi connectivity index (χ0) is 18.8. The van der Waals surface area contributed by atoms with Crippen LogP contribution in [-0.4, -0.2) is 40.1 Å². The number of hydrogen-bond acceptors (Lipinski definition) is 4. The van der Waals surface area contributed by atoms with Crippen LogP contribution < -0.4 is 10.5 Å². The van der Waals surface area contributed by atoms with Crippen LogP contribution in [0, 0.1) is 5.92 Å². The highest BCUT2D eigenvalue weighted by Crippen LogP contribution is 2.36. The third-order valence-corrected chi connectivity index (χ3v) is 6.34. The lowest BCUT2D eigenvalue weighted by atomic mass is 9.83. The first kappa shape index (κ1) is 18.3. The first-order valence-corrected chi connectivity index (χ1v) is 10.3. The molecule has 0 bridgehead atoms. The number of aromatic amines is 1. The molecule has 3 N–H and O–H groups in total. The molecule has 1 aliphatic carbocycles. The number of amides is 1. The number of rotatable bonds is 5. The van der Waals surface area contributed by atoms with Crippen LogP contribution >= 0.6 is 0 Å². The summed E-state index contributed by atoms with van der Waals surface area (Å²) in [6.07, 6.45) is 8.48. The Kier molecular flexibility index (Phi) is 5.34. The maximum atomic E-state index is 11.1. The SMILES string of the molecule is CCC[C@H]1CC[C@H](N2CCC(c3nc4c(OC(N)=O)cccc4[nH]3)C2)CC1. The summed E-state index contributed by atoms with van der Waals surface area (Å²) in [4.78, 5) is 22.0. The van der Waals surface area contributed by atoms with Gasteiger partial charge in [0.25, 0.3) is 0 Å². The second-order valence-electron chi connectivity index (χ2n) is 8.14. The number of likely N-dealkylation sites (tertiary alicyclic amines) is 1. The Labute approximate surface area is 160 Å². The van der Waals surface area contributed by atoms with Gasteiger partial charge in [-0.2, -0.15) is 0 Å². The summed E-state index contributed by atoms with van der Waals surface area (Å²) in [5.41, 5.74) is 6.74. The molecule has 2 aliphatic rings. The average molecular weight is 370 g/mol. The number of nitrogens with one attached hydrogen (secondary N) is 1. The first-order valence-electron chi connectivity index (χ1n) is 10.3. The van der Waals surface area contributed by atoms with Crippen molar-refractivity contribution < 1.29 is 9.53 Å². The fourth-order valence-electron chi connectivity index (χ4n) is 4.96. The molecule has 6 heteroatoms. The molecule has 146 valence electrons. The molecule has 6 nitrogen and oxygen atoms in total. The summed E-state index contributed by atoms with van der Waals surface area (Å²) in [5, 5.41) is 0. The number of ether oxygens (including phenoxy) is 1. The highest BCUT2D eigenvalue weighted by Gasteiger charge is 2.33. The molecule has 1 unspecified atom stereocenters. The molecular weight excluding hydrogens is 340 g/mol. The molecule has 2 fully saturated rings. The van der Waals surface area contributed by atoms with E-state index < -0.39 is 6.09 Å². The third-order valence-electron chi connectivity index (χ3n) is 6.34. The minimum Gasteiger partial charge on any atom is -0.408 e. The Morgan fingerprint density at radius 3 is 2.85 bits per heavy atom. The smallest absolute Gasteiger partial charge is 0.408 e. The van der Waals surface area contributed by atoms with Crippen LogP contribution in [0.2, 0.25) is 0 Å². The lowest BCUT2D eigenvalue weighted by Crippen LogP contribution is -2.36.